The van der Waals surface area contributed by atoms with Gasteiger partial charge in [-0.05, 0) is 74.6 Å². The third-order valence-electron chi connectivity index (χ3n) is 7.97. The molecule has 174 valence electrons. The molecule has 1 aromatic heterocycles. The number of fused-ring (bicyclic) bond motifs is 1. The second-order valence-corrected chi connectivity index (χ2v) is 9.68. The molecule has 0 bridgehead atoms. The Bertz CT molecular complexity index is 1000. The maximum atomic E-state index is 13.6. The van der Waals surface area contributed by atoms with Gasteiger partial charge >= 0.3 is 6.03 Å². The summed E-state index contributed by atoms with van der Waals surface area (Å²) in [4.78, 5) is 36.9. The topological polar surface area (TPSA) is 56.8 Å². The fourth-order valence-electron chi connectivity index (χ4n) is 6.14. The summed E-state index contributed by atoms with van der Waals surface area (Å²) in [6.07, 6.45) is 10.1. The van der Waals surface area contributed by atoms with Crippen molar-refractivity contribution in [3.05, 3.63) is 65.5 Å². The Labute approximate surface area is 196 Å². The van der Waals surface area contributed by atoms with E-state index >= 15 is 0 Å². The van der Waals surface area contributed by atoms with Crippen LogP contribution >= 0.6 is 0 Å². The summed E-state index contributed by atoms with van der Waals surface area (Å²) >= 11 is 0. The molecule has 0 N–H and O–H groups in total. The second kappa shape index (κ2) is 9.26. The van der Waals surface area contributed by atoms with Crippen LogP contribution in [0, 0.1) is 0 Å². The van der Waals surface area contributed by atoms with Crippen LogP contribution in [0.5, 0.6) is 0 Å². The summed E-state index contributed by atoms with van der Waals surface area (Å²) in [7, 11) is 0. The lowest BCUT2D eigenvalue weighted by atomic mass is 9.82. The van der Waals surface area contributed by atoms with Gasteiger partial charge < -0.3 is 4.90 Å². The number of rotatable bonds is 6. The minimum atomic E-state index is -0.650. The summed E-state index contributed by atoms with van der Waals surface area (Å²) < 4.78 is 0. The molecule has 2 aliphatic heterocycles. The SMILES string of the molecule is CCN1C(=O)N(CCCc2cccnc2)C(=O)C12CCN(C1CCc3ccccc3C1)CC2. The van der Waals surface area contributed by atoms with Crippen LogP contribution in [0.4, 0.5) is 4.79 Å². The summed E-state index contributed by atoms with van der Waals surface area (Å²) in [5.74, 6) is 0.0224. The number of amides is 3. The Hall–Kier alpha value is -2.73. The van der Waals surface area contributed by atoms with E-state index in [1.54, 1.807) is 6.20 Å². The van der Waals surface area contributed by atoms with Gasteiger partial charge in [-0.1, -0.05) is 30.3 Å². The first-order valence-corrected chi connectivity index (χ1v) is 12.5. The zero-order valence-electron chi connectivity index (χ0n) is 19.6. The van der Waals surface area contributed by atoms with Crippen LogP contribution in [0.2, 0.25) is 0 Å². The van der Waals surface area contributed by atoms with Gasteiger partial charge in [0.15, 0.2) is 0 Å². The van der Waals surface area contributed by atoms with Crippen LogP contribution in [0.25, 0.3) is 0 Å². The Morgan fingerprint density at radius 3 is 2.58 bits per heavy atom. The molecule has 3 aliphatic rings. The van der Waals surface area contributed by atoms with E-state index in [4.69, 9.17) is 0 Å². The van der Waals surface area contributed by atoms with Crippen molar-refractivity contribution in [3.8, 4) is 0 Å². The molecular formula is C27H34N4O2. The number of likely N-dealkylation sites (N-methyl/N-ethyl adjacent to an activating group) is 1. The predicted molar refractivity (Wildman–Crippen MR) is 128 cm³/mol. The third-order valence-corrected chi connectivity index (χ3v) is 7.97. The van der Waals surface area contributed by atoms with Crippen molar-refractivity contribution < 1.29 is 9.59 Å². The number of carbonyl (C=O) groups is 2. The highest BCUT2D eigenvalue weighted by Gasteiger charge is 2.57. The van der Waals surface area contributed by atoms with Crippen molar-refractivity contribution in [2.75, 3.05) is 26.2 Å². The minimum Gasteiger partial charge on any atom is -0.310 e. The number of aromatic nitrogens is 1. The van der Waals surface area contributed by atoms with Crippen LogP contribution in [0.1, 0.15) is 49.3 Å². The molecule has 3 heterocycles. The maximum absolute atomic E-state index is 13.6. The molecule has 1 spiro atoms. The lowest BCUT2D eigenvalue weighted by molar-refractivity contribution is -0.136. The summed E-state index contributed by atoms with van der Waals surface area (Å²) in [6.45, 7) is 4.82. The summed E-state index contributed by atoms with van der Waals surface area (Å²) in [6, 6.07) is 13.2. The van der Waals surface area contributed by atoms with Crippen LogP contribution in [-0.2, 0) is 24.1 Å². The van der Waals surface area contributed by atoms with E-state index in [0.29, 0.717) is 19.1 Å². The minimum absolute atomic E-state index is 0.0224. The average molecular weight is 447 g/mol. The molecule has 1 unspecified atom stereocenters. The monoisotopic (exact) mass is 446 g/mol. The van der Waals surface area contributed by atoms with Gasteiger partial charge in [0.1, 0.15) is 5.54 Å². The smallest absolute Gasteiger partial charge is 0.310 e. The Morgan fingerprint density at radius 2 is 1.85 bits per heavy atom. The number of hydrogen-bond acceptors (Lipinski definition) is 4. The number of imide groups is 1. The number of benzene rings is 1. The molecule has 2 fully saturated rings. The van der Waals surface area contributed by atoms with Gasteiger partial charge in [-0.15, -0.1) is 0 Å². The van der Waals surface area contributed by atoms with E-state index < -0.39 is 5.54 Å². The van der Waals surface area contributed by atoms with E-state index in [0.717, 1.165) is 57.2 Å². The molecular weight excluding hydrogens is 412 g/mol. The van der Waals surface area contributed by atoms with E-state index in [1.165, 1.54) is 22.4 Å². The first-order valence-electron chi connectivity index (χ1n) is 12.5. The average Bonchev–Trinajstić information content (AvgIpc) is 3.05. The number of urea groups is 1. The van der Waals surface area contributed by atoms with Crippen LogP contribution in [0.3, 0.4) is 0 Å². The van der Waals surface area contributed by atoms with Gasteiger partial charge in [0, 0.05) is 44.6 Å². The van der Waals surface area contributed by atoms with Gasteiger partial charge in [-0.25, -0.2) is 4.79 Å². The number of pyridine rings is 1. The Kier molecular flexibility index (Phi) is 6.19. The normalized spacial score (nSPS) is 22.8. The number of hydrogen-bond donors (Lipinski definition) is 0. The maximum Gasteiger partial charge on any atom is 0.327 e. The van der Waals surface area contributed by atoms with Crippen molar-refractivity contribution >= 4 is 11.9 Å². The van der Waals surface area contributed by atoms with Gasteiger partial charge in [-0.3, -0.25) is 19.6 Å². The third kappa shape index (κ3) is 4.05. The predicted octanol–water partition coefficient (Wildman–Crippen LogP) is 3.69. The first kappa shape index (κ1) is 22.1. The van der Waals surface area contributed by atoms with Crippen LogP contribution in [-0.4, -0.2) is 69.4 Å². The van der Waals surface area contributed by atoms with E-state index in [1.807, 2.05) is 30.2 Å². The fraction of sp³-hybridized carbons (Fsp3) is 0.519. The van der Waals surface area contributed by atoms with E-state index in [-0.39, 0.29) is 11.9 Å². The summed E-state index contributed by atoms with van der Waals surface area (Å²) in [5, 5.41) is 0. The highest BCUT2D eigenvalue weighted by molar-refractivity contribution is 6.07. The number of aryl methyl sites for hydroxylation is 2. The zero-order chi connectivity index (χ0) is 22.8. The number of piperidine rings is 1. The van der Waals surface area contributed by atoms with Crippen molar-refractivity contribution in [3.63, 3.8) is 0 Å². The van der Waals surface area contributed by atoms with Crippen LogP contribution in [0.15, 0.2) is 48.8 Å². The molecule has 5 rings (SSSR count). The van der Waals surface area contributed by atoms with Crippen LogP contribution < -0.4 is 0 Å². The van der Waals surface area contributed by atoms with Gasteiger partial charge in [0.2, 0.25) is 0 Å². The number of carbonyl (C=O) groups excluding carboxylic acids is 2. The Balaban J connectivity index is 1.23. The lowest BCUT2D eigenvalue weighted by Crippen LogP contribution is -2.58. The first-order chi connectivity index (χ1) is 16.1. The molecule has 2 saturated heterocycles. The summed E-state index contributed by atoms with van der Waals surface area (Å²) in [5.41, 5.74) is 3.44. The van der Waals surface area contributed by atoms with Crippen molar-refractivity contribution in [1.29, 1.82) is 0 Å². The molecule has 6 nitrogen and oxygen atoms in total. The molecule has 0 radical (unpaired) electrons. The van der Waals surface area contributed by atoms with E-state index in [9.17, 15) is 9.59 Å². The quantitative estimate of drug-likeness (QED) is 0.635. The molecule has 1 atom stereocenters. The second-order valence-electron chi connectivity index (χ2n) is 9.68. The molecule has 2 aromatic rings. The van der Waals surface area contributed by atoms with Crippen molar-refractivity contribution in [2.24, 2.45) is 0 Å². The molecule has 1 aromatic carbocycles. The van der Waals surface area contributed by atoms with Gasteiger partial charge in [-0.2, -0.15) is 0 Å². The van der Waals surface area contributed by atoms with E-state index in [2.05, 4.69) is 34.1 Å². The van der Waals surface area contributed by atoms with Gasteiger partial charge in [0.25, 0.3) is 5.91 Å². The fourth-order valence-corrected chi connectivity index (χ4v) is 6.14. The van der Waals surface area contributed by atoms with Crippen molar-refractivity contribution in [1.82, 2.24) is 19.7 Å². The number of nitrogens with zero attached hydrogens (tertiary/aromatic N) is 4. The lowest BCUT2D eigenvalue weighted by Gasteiger charge is -2.45. The molecule has 33 heavy (non-hydrogen) atoms. The largest absolute Gasteiger partial charge is 0.327 e. The van der Waals surface area contributed by atoms with Gasteiger partial charge in [0.05, 0.1) is 0 Å². The van der Waals surface area contributed by atoms with Crippen molar-refractivity contribution in [2.45, 2.75) is 63.5 Å². The standard InChI is InChI=1S/C27H34N4O2/c1-2-31-26(33)30(16-6-8-21-7-5-15-28-20-21)25(32)27(31)13-17-29(18-14-27)24-12-11-22-9-3-4-10-23(22)19-24/h3-5,7,9-10,15,20,24H,2,6,8,11-14,16-19H2,1H3. The number of likely N-dealkylation sites (tertiary alicyclic amines) is 1. The highest BCUT2D eigenvalue weighted by atomic mass is 16.2. The molecule has 0 saturated carbocycles. The zero-order valence-corrected chi connectivity index (χ0v) is 19.6. The molecule has 3 amide bonds. The highest BCUT2D eigenvalue weighted by Crippen LogP contribution is 2.38. The molecule has 6 heteroatoms. The molecule has 1 aliphatic carbocycles. The Morgan fingerprint density at radius 1 is 1.06 bits per heavy atom.